The highest BCUT2D eigenvalue weighted by atomic mass is 14.9. The van der Waals surface area contributed by atoms with E-state index in [1.54, 1.807) is 0 Å². The summed E-state index contributed by atoms with van der Waals surface area (Å²) >= 11 is 0. The molecule has 1 fully saturated rings. The monoisotopic (exact) mass is 180 g/mol. The first-order valence-corrected chi connectivity index (χ1v) is 5.11. The van der Waals surface area contributed by atoms with Crippen molar-refractivity contribution in [3.05, 3.63) is 24.8 Å². The maximum absolute atomic E-state index is 5.41. The largest absolute Gasteiger partial charge is 0.330 e. The van der Waals surface area contributed by atoms with Gasteiger partial charge in [0.15, 0.2) is 0 Å². The second-order valence-electron chi connectivity index (χ2n) is 3.53. The minimum absolute atomic E-state index is 0.510. The van der Waals surface area contributed by atoms with E-state index in [-0.39, 0.29) is 0 Å². The maximum Gasteiger partial charge on any atom is 0.0313 e. The minimum atomic E-state index is 0.510. The van der Waals surface area contributed by atoms with E-state index in [4.69, 9.17) is 5.73 Å². The normalized spacial score (nSPS) is 28.4. The van der Waals surface area contributed by atoms with Crippen LogP contribution in [-0.4, -0.2) is 19.1 Å². The van der Waals surface area contributed by atoms with Crippen LogP contribution in [0, 0.1) is 5.92 Å². The molecule has 0 bridgehead atoms. The van der Waals surface area contributed by atoms with Crippen molar-refractivity contribution in [2.75, 3.05) is 13.1 Å². The summed E-state index contributed by atoms with van der Waals surface area (Å²) in [5.41, 5.74) is 5.41. The molecule has 1 saturated heterocycles. The van der Waals surface area contributed by atoms with Gasteiger partial charge in [0.1, 0.15) is 0 Å². The molecule has 3 N–H and O–H groups in total. The Hall–Kier alpha value is -0.600. The highest BCUT2D eigenvalue weighted by Crippen LogP contribution is 2.17. The summed E-state index contributed by atoms with van der Waals surface area (Å²) < 4.78 is 0. The Balaban J connectivity index is 2.26. The zero-order valence-electron chi connectivity index (χ0n) is 8.21. The summed E-state index contributed by atoms with van der Waals surface area (Å²) in [7, 11) is 0. The van der Waals surface area contributed by atoms with E-state index < -0.39 is 0 Å². The molecular formula is C11H20N2. The lowest BCUT2D eigenvalue weighted by molar-refractivity contribution is 0.617. The number of nitrogens with one attached hydrogen (secondary N) is 1. The van der Waals surface area contributed by atoms with E-state index in [2.05, 4.69) is 30.1 Å². The molecule has 2 nitrogen and oxygen atoms in total. The zero-order chi connectivity index (χ0) is 9.52. The number of hydrogen-bond acceptors (Lipinski definition) is 2. The molecule has 1 aliphatic rings. The number of unbranched alkanes of at least 4 members (excludes halogenated alkanes) is 1. The molecule has 2 unspecified atom stereocenters. The standard InChI is InChI=1S/C11H20N2/c1-2-10-7-9-13-11(10)6-4-3-5-8-12/h2,4,6,10-11,13H,1,3,5,7-9,12H2/b6-4-. The molecule has 0 saturated carbocycles. The smallest absolute Gasteiger partial charge is 0.0313 e. The number of hydrogen-bond donors (Lipinski definition) is 2. The summed E-state index contributed by atoms with van der Waals surface area (Å²) in [6.07, 6.45) is 9.94. The van der Waals surface area contributed by atoms with Crippen molar-refractivity contribution in [1.82, 2.24) is 5.32 Å². The van der Waals surface area contributed by atoms with Gasteiger partial charge in [0, 0.05) is 6.04 Å². The lowest BCUT2D eigenvalue weighted by Crippen LogP contribution is -2.23. The Bertz CT molecular complexity index is 175. The highest BCUT2D eigenvalue weighted by Gasteiger charge is 2.20. The van der Waals surface area contributed by atoms with Crippen molar-refractivity contribution >= 4 is 0 Å². The van der Waals surface area contributed by atoms with Crippen LogP contribution in [0.15, 0.2) is 24.8 Å². The van der Waals surface area contributed by atoms with E-state index in [0.29, 0.717) is 12.0 Å². The molecule has 0 amide bonds. The molecule has 74 valence electrons. The summed E-state index contributed by atoms with van der Waals surface area (Å²) in [5, 5.41) is 3.45. The Kier molecular flexibility index (Phi) is 4.79. The third-order valence-electron chi connectivity index (χ3n) is 2.54. The summed E-state index contributed by atoms with van der Waals surface area (Å²) in [4.78, 5) is 0. The first kappa shape index (κ1) is 10.5. The van der Waals surface area contributed by atoms with Gasteiger partial charge in [0.05, 0.1) is 0 Å². The van der Waals surface area contributed by atoms with E-state index in [1.165, 1.54) is 6.42 Å². The quantitative estimate of drug-likeness (QED) is 0.496. The van der Waals surface area contributed by atoms with E-state index in [1.807, 2.05) is 0 Å². The van der Waals surface area contributed by atoms with Crippen molar-refractivity contribution in [3.63, 3.8) is 0 Å². The Morgan fingerprint density at radius 3 is 3.08 bits per heavy atom. The second kappa shape index (κ2) is 5.95. The van der Waals surface area contributed by atoms with E-state index >= 15 is 0 Å². The van der Waals surface area contributed by atoms with Gasteiger partial charge in [-0.1, -0.05) is 18.2 Å². The van der Waals surface area contributed by atoms with Gasteiger partial charge in [-0.3, -0.25) is 0 Å². The molecule has 0 spiro atoms. The molecule has 13 heavy (non-hydrogen) atoms. The fourth-order valence-electron chi connectivity index (χ4n) is 1.70. The van der Waals surface area contributed by atoms with Crippen molar-refractivity contribution in [3.8, 4) is 0 Å². The van der Waals surface area contributed by atoms with E-state index in [9.17, 15) is 0 Å². The van der Waals surface area contributed by atoms with Gasteiger partial charge < -0.3 is 11.1 Å². The molecule has 0 aromatic rings. The first-order chi connectivity index (χ1) is 6.38. The van der Waals surface area contributed by atoms with Gasteiger partial charge >= 0.3 is 0 Å². The van der Waals surface area contributed by atoms with Crippen LogP contribution < -0.4 is 11.1 Å². The fraction of sp³-hybridized carbons (Fsp3) is 0.636. The van der Waals surface area contributed by atoms with Crippen LogP contribution in [0.25, 0.3) is 0 Å². The number of allylic oxidation sites excluding steroid dienone is 1. The van der Waals surface area contributed by atoms with Crippen LogP contribution in [0.5, 0.6) is 0 Å². The maximum atomic E-state index is 5.41. The molecule has 1 aliphatic heterocycles. The van der Waals surface area contributed by atoms with Crippen LogP contribution in [0.1, 0.15) is 19.3 Å². The molecule has 2 heteroatoms. The Morgan fingerprint density at radius 1 is 1.54 bits per heavy atom. The van der Waals surface area contributed by atoms with Crippen LogP contribution in [0.2, 0.25) is 0 Å². The molecule has 1 heterocycles. The van der Waals surface area contributed by atoms with Gasteiger partial charge in [-0.25, -0.2) is 0 Å². The average Bonchev–Trinajstić information content (AvgIpc) is 2.60. The molecule has 0 radical (unpaired) electrons. The van der Waals surface area contributed by atoms with Crippen molar-refractivity contribution < 1.29 is 0 Å². The first-order valence-electron chi connectivity index (χ1n) is 5.11. The highest BCUT2D eigenvalue weighted by molar-refractivity contribution is 5.05. The van der Waals surface area contributed by atoms with Crippen LogP contribution in [-0.2, 0) is 0 Å². The van der Waals surface area contributed by atoms with Gasteiger partial charge in [0.25, 0.3) is 0 Å². The van der Waals surface area contributed by atoms with Crippen LogP contribution in [0.4, 0.5) is 0 Å². The molecule has 0 aliphatic carbocycles. The predicted molar refractivity (Wildman–Crippen MR) is 57.5 cm³/mol. The van der Waals surface area contributed by atoms with Gasteiger partial charge in [-0.05, 0) is 38.3 Å². The fourth-order valence-corrected chi connectivity index (χ4v) is 1.70. The predicted octanol–water partition coefficient (Wildman–Crippen LogP) is 1.45. The summed E-state index contributed by atoms with van der Waals surface area (Å²) in [6.45, 7) is 5.74. The molecule has 0 aromatic heterocycles. The molecule has 2 atom stereocenters. The average molecular weight is 180 g/mol. The van der Waals surface area contributed by atoms with Crippen molar-refractivity contribution in [2.24, 2.45) is 11.7 Å². The Labute approximate surface area is 80.9 Å². The van der Waals surface area contributed by atoms with Crippen LogP contribution in [0.3, 0.4) is 0 Å². The molecular weight excluding hydrogens is 160 g/mol. The van der Waals surface area contributed by atoms with E-state index in [0.717, 1.165) is 25.9 Å². The third-order valence-corrected chi connectivity index (χ3v) is 2.54. The minimum Gasteiger partial charge on any atom is -0.330 e. The topological polar surface area (TPSA) is 38.0 Å². The lowest BCUT2D eigenvalue weighted by atomic mass is 10.0. The SMILES string of the molecule is C=CC1CCNC1/C=C\CCCN. The molecule has 0 aromatic carbocycles. The number of nitrogens with two attached hydrogens (primary N) is 1. The number of rotatable bonds is 5. The van der Waals surface area contributed by atoms with Gasteiger partial charge in [0.2, 0.25) is 0 Å². The second-order valence-corrected chi connectivity index (χ2v) is 3.53. The van der Waals surface area contributed by atoms with Crippen molar-refractivity contribution in [2.45, 2.75) is 25.3 Å². The zero-order valence-corrected chi connectivity index (χ0v) is 8.21. The van der Waals surface area contributed by atoms with Crippen LogP contribution >= 0.6 is 0 Å². The van der Waals surface area contributed by atoms with Gasteiger partial charge in [-0.2, -0.15) is 0 Å². The van der Waals surface area contributed by atoms with Crippen molar-refractivity contribution in [1.29, 1.82) is 0 Å². The Morgan fingerprint density at radius 2 is 2.38 bits per heavy atom. The van der Waals surface area contributed by atoms with Gasteiger partial charge in [-0.15, -0.1) is 6.58 Å². The summed E-state index contributed by atoms with van der Waals surface area (Å²) in [6, 6.07) is 0.510. The lowest BCUT2D eigenvalue weighted by Gasteiger charge is -2.10. The summed E-state index contributed by atoms with van der Waals surface area (Å²) in [5.74, 6) is 0.620. The third kappa shape index (κ3) is 3.33. The molecule has 1 rings (SSSR count).